The number of pyridine rings is 1. The highest BCUT2D eigenvalue weighted by atomic mass is 16.5. The maximum absolute atomic E-state index is 11.3. The highest BCUT2D eigenvalue weighted by molar-refractivity contribution is 5.92. The van der Waals surface area contributed by atoms with Crippen LogP contribution in [-0.4, -0.2) is 50.1 Å². The van der Waals surface area contributed by atoms with Gasteiger partial charge in [0.2, 0.25) is 5.91 Å². The first-order valence-corrected chi connectivity index (χ1v) is 5.62. The van der Waals surface area contributed by atoms with Gasteiger partial charge in [0.05, 0.1) is 19.8 Å². The number of nitrogens with zero attached hydrogens (tertiary/aromatic N) is 2. The monoisotopic (exact) mass is 281 g/mol. The van der Waals surface area contributed by atoms with Crippen LogP contribution in [0, 0.1) is 0 Å². The number of carbonyl (C=O) groups is 3. The molecule has 1 amide bonds. The minimum Gasteiger partial charge on any atom is -0.468 e. The van der Waals surface area contributed by atoms with Crippen LogP contribution in [0.3, 0.4) is 0 Å². The van der Waals surface area contributed by atoms with Gasteiger partial charge in [-0.15, -0.1) is 0 Å². The number of methoxy groups -OCH3 is 2. The van der Waals surface area contributed by atoms with Crippen LogP contribution in [0.4, 0.5) is 5.82 Å². The zero-order valence-corrected chi connectivity index (χ0v) is 11.2. The number of aromatic nitrogens is 1. The Morgan fingerprint density at radius 1 is 1.15 bits per heavy atom. The lowest BCUT2D eigenvalue weighted by Gasteiger charge is -2.20. The van der Waals surface area contributed by atoms with Crippen LogP contribution in [0.5, 0.6) is 0 Å². The third kappa shape index (κ3) is 4.23. The Kier molecular flexibility index (Phi) is 5.45. The molecule has 1 rings (SSSR count). The summed E-state index contributed by atoms with van der Waals surface area (Å²) in [6, 6.07) is 2.93. The number of hydrogen-bond acceptors (Lipinski definition) is 7. The molecule has 1 heterocycles. The zero-order chi connectivity index (χ0) is 15.1. The molecule has 0 aliphatic rings. The van der Waals surface area contributed by atoms with Gasteiger partial charge in [-0.1, -0.05) is 0 Å². The van der Waals surface area contributed by atoms with Crippen molar-refractivity contribution in [2.24, 2.45) is 5.73 Å². The number of esters is 2. The van der Waals surface area contributed by atoms with E-state index in [0.29, 0.717) is 5.82 Å². The number of anilines is 1. The Hall–Kier alpha value is -2.64. The molecule has 1 aromatic heterocycles. The second-order valence-electron chi connectivity index (χ2n) is 3.78. The van der Waals surface area contributed by atoms with Crippen molar-refractivity contribution in [3.05, 3.63) is 23.9 Å². The normalized spacial score (nSPS) is 9.70. The summed E-state index contributed by atoms with van der Waals surface area (Å²) in [4.78, 5) is 38.9. The van der Waals surface area contributed by atoms with E-state index in [2.05, 4.69) is 14.5 Å². The highest BCUT2D eigenvalue weighted by Crippen LogP contribution is 2.11. The van der Waals surface area contributed by atoms with Gasteiger partial charge in [0.1, 0.15) is 18.9 Å². The zero-order valence-electron chi connectivity index (χ0n) is 11.2. The lowest BCUT2D eigenvalue weighted by atomic mass is 10.2. The summed E-state index contributed by atoms with van der Waals surface area (Å²) in [5, 5.41) is 0. The molecule has 0 saturated heterocycles. The van der Waals surface area contributed by atoms with Crippen molar-refractivity contribution in [3.8, 4) is 0 Å². The van der Waals surface area contributed by atoms with Crippen LogP contribution in [0.2, 0.25) is 0 Å². The Morgan fingerprint density at radius 2 is 1.70 bits per heavy atom. The Balaban J connectivity index is 2.93. The summed E-state index contributed by atoms with van der Waals surface area (Å²) in [6.07, 6.45) is 1.26. The summed E-state index contributed by atoms with van der Waals surface area (Å²) in [7, 11) is 2.48. The second kappa shape index (κ2) is 7.07. The van der Waals surface area contributed by atoms with Gasteiger partial charge >= 0.3 is 11.9 Å². The van der Waals surface area contributed by atoms with Crippen molar-refractivity contribution >= 4 is 23.7 Å². The van der Waals surface area contributed by atoms with Gasteiger partial charge in [0.15, 0.2) is 0 Å². The molecule has 20 heavy (non-hydrogen) atoms. The average Bonchev–Trinajstić information content (AvgIpc) is 2.46. The first-order valence-electron chi connectivity index (χ1n) is 5.62. The van der Waals surface area contributed by atoms with Gasteiger partial charge in [0, 0.05) is 6.20 Å². The number of hydrogen-bond donors (Lipinski definition) is 1. The predicted molar refractivity (Wildman–Crippen MR) is 69.0 cm³/mol. The van der Waals surface area contributed by atoms with Gasteiger partial charge in [0.25, 0.3) is 0 Å². The number of carbonyl (C=O) groups excluding carboxylic acids is 3. The Bertz CT molecular complexity index is 482. The molecule has 8 heteroatoms. The summed E-state index contributed by atoms with van der Waals surface area (Å²) >= 11 is 0. The molecule has 0 aliphatic heterocycles. The summed E-state index contributed by atoms with van der Waals surface area (Å²) in [6.45, 7) is -0.344. The first kappa shape index (κ1) is 15.4. The Labute approximate surface area is 115 Å². The maximum Gasteiger partial charge on any atom is 0.325 e. The van der Waals surface area contributed by atoms with Gasteiger partial charge in [-0.2, -0.15) is 0 Å². The molecule has 1 aromatic rings. The molecular formula is C12H15N3O5. The SMILES string of the molecule is COC(=O)CN(CC(=O)OC)c1ccc(C(N)=O)cn1. The van der Waals surface area contributed by atoms with Crippen LogP contribution >= 0.6 is 0 Å². The molecule has 0 fully saturated rings. The molecule has 0 radical (unpaired) electrons. The number of rotatable bonds is 6. The fourth-order valence-electron chi connectivity index (χ4n) is 1.38. The van der Waals surface area contributed by atoms with Crippen LogP contribution in [0.1, 0.15) is 10.4 Å². The maximum atomic E-state index is 11.3. The molecule has 2 N–H and O–H groups in total. The molecule has 0 bridgehead atoms. The molecule has 8 nitrogen and oxygen atoms in total. The first-order chi connectivity index (χ1) is 9.47. The largest absolute Gasteiger partial charge is 0.468 e. The van der Waals surface area contributed by atoms with E-state index in [1.807, 2.05) is 0 Å². The standard InChI is InChI=1S/C12H15N3O5/c1-19-10(16)6-15(7-11(17)20-2)9-4-3-8(5-14-9)12(13)18/h3-5H,6-7H2,1-2H3,(H2,13,18). The fourth-order valence-corrected chi connectivity index (χ4v) is 1.38. The van der Waals surface area contributed by atoms with Crippen molar-refractivity contribution in [2.45, 2.75) is 0 Å². The molecule has 0 atom stereocenters. The van der Waals surface area contributed by atoms with Crippen molar-refractivity contribution in [3.63, 3.8) is 0 Å². The topological polar surface area (TPSA) is 112 Å². The lowest BCUT2D eigenvalue weighted by molar-refractivity contribution is -0.140. The molecule has 0 unspecified atom stereocenters. The number of amides is 1. The van der Waals surface area contributed by atoms with E-state index in [1.165, 1.54) is 37.4 Å². The minimum absolute atomic E-state index is 0.172. The van der Waals surface area contributed by atoms with Gasteiger partial charge < -0.3 is 20.1 Å². The van der Waals surface area contributed by atoms with Crippen molar-refractivity contribution in [2.75, 3.05) is 32.2 Å². The predicted octanol–water partition coefficient (Wildman–Crippen LogP) is -0.667. The number of primary amides is 1. The molecule has 0 spiro atoms. The minimum atomic E-state index is -0.614. The van der Waals surface area contributed by atoms with Crippen LogP contribution in [0.25, 0.3) is 0 Å². The molecule has 108 valence electrons. The van der Waals surface area contributed by atoms with Gasteiger partial charge in [-0.05, 0) is 12.1 Å². The van der Waals surface area contributed by atoms with E-state index in [1.54, 1.807) is 0 Å². The molecule has 0 aliphatic carbocycles. The molecular weight excluding hydrogens is 266 g/mol. The number of nitrogens with two attached hydrogens (primary N) is 1. The third-order valence-corrected chi connectivity index (χ3v) is 2.45. The van der Waals surface area contributed by atoms with Gasteiger partial charge in [-0.25, -0.2) is 4.98 Å². The summed E-state index contributed by atoms with van der Waals surface area (Å²) in [5.41, 5.74) is 5.33. The number of ether oxygens (including phenoxy) is 2. The molecule has 0 saturated carbocycles. The van der Waals surface area contributed by atoms with Crippen molar-refractivity contribution in [1.29, 1.82) is 0 Å². The third-order valence-electron chi connectivity index (χ3n) is 2.45. The van der Waals surface area contributed by atoms with E-state index in [-0.39, 0.29) is 18.7 Å². The smallest absolute Gasteiger partial charge is 0.325 e. The highest BCUT2D eigenvalue weighted by Gasteiger charge is 2.17. The fraction of sp³-hybridized carbons (Fsp3) is 0.333. The summed E-state index contributed by atoms with van der Waals surface area (Å²) in [5.74, 6) is -1.35. The molecule has 0 aromatic carbocycles. The van der Waals surface area contributed by atoms with Crippen molar-refractivity contribution in [1.82, 2.24) is 4.98 Å². The van der Waals surface area contributed by atoms with E-state index in [9.17, 15) is 14.4 Å². The quantitative estimate of drug-likeness (QED) is 0.688. The van der Waals surface area contributed by atoms with E-state index < -0.39 is 17.8 Å². The second-order valence-corrected chi connectivity index (χ2v) is 3.78. The van der Waals surface area contributed by atoms with E-state index in [0.717, 1.165) is 0 Å². The average molecular weight is 281 g/mol. The van der Waals surface area contributed by atoms with Gasteiger partial charge in [-0.3, -0.25) is 14.4 Å². The van der Waals surface area contributed by atoms with Crippen LogP contribution in [-0.2, 0) is 19.1 Å². The van der Waals surface area contributed by atoms with Crippen molar-refractivity contribution < 1.29 is 23.9 Å². The van der Waals surface area contributed by atoms with Crippen LogP contribution in [0.15, 0.2) is 18.3 Å². The van der Waals surface area contributed by atoms with E-state index >= 15 is 0 Å². The summed E-state index contributed by atoms with van der Waals surface area (Å²) < 4.78 is 9.09. The Morgan fingerprint density at radius 3 is 2.05 bits per heavy atom. The van der Waals surface area contributed by atoms with E-state index in [4.69, 9.17) is 5.73 Å². The van der Waals surface area contributed by atoms with Crippen LogP contribution < -0.4 is 10.6 Å². The lowest BCUT2D eigenvalue weighted by Crippen LogP contribution is -2.36.